The maximum atomic E-state index is 5.86. The molecule has 1 aromatic heterocycles. The second-order valence-electron chi connectivity index (χ2n) is 3.03. The molecule has 1 fully saturated rings. The van der Waals surface area contributed by atoms with E-state index in [0.29, 0.717) is 0 Å². The van der Waals surface area contributed by atoms with Gasteiger partial charge in [0.25, 0.3) is 0 Å². The van der Waals surface area contributed by atoms with Crippen LogP contribution in [-0.4, -0.2) is 17.6 Å². The van der Waals surface area contributed by atoms with Crippen LogP contribution in [0.1, 0.15) is 18.1 Å². The monoisotopic (exact) mass is 164 g/mol. The molecule has 0 aliphatic carbocycles. The van der Waals surface area contributed by atoms with Gasteiger partial charge in [-0.25, -0.2) is 0 Å². The van der Waals surface area contributed by atoms with Gasteiger partial charge in [-0.3, -0.25) is 4.98 Å². The van der Waals surface area contributed by atoms with Crippen molar-refractivity contribution in [2.45, 2.75) is 18.6 Å². The molecule has 0 radical (unpaired) electrons. The van der Waals surface area contributed by atoms with Crippen LogP contribution in [0.3, 0.4) is 0 Å². The Hall–Kier alpha value is -0.930. The van der Waals surface area contributed by atoms with E-state index in [1.165, 1.54) is 0 Å². The highest BCUT2D eigenvalue weighted by atomic mass is 16.5. The zero-order valence-corrected chi connectivity index (χ0v) is 6.81. The molecule has 1 aliphatic heterocycles. The van der Waals surface area contributed by atoms with Gasteiger partial charge in [-0.05, 0) is 12.5 Å². The molecule has 3 nitrogen and oxygen atoms in total. The first-order chi connectivity index (χ1) is 5.88. The summed E-state index contributed by atoms with van der Waals surface area (Å²) in [4.78, 5) is 4.03. The quantitative estimate of drug-likeness (QED) is 0.670. The van der Waals surface area contributed by atoms with Gasteiger partial charge in [0.05, 0.1) is 6.10 Å². The largest absolute Gasteiger partial charge is 0.372 e. The van der Waals surface area contributed by atoms with Crippen molar-refractivity contribution in [2.24, 2.45) is 5.73 Å². The van der Waals surface area contributed by atoms with Gasteiger partial charge in [0, 0.05) is 30.6 Å². The number of nitrogens with two attached hydrogens (primary N) is 1. The van der Waals surface area contributed by atoms with Gasteiger partial charge < -0.3 is 10.5 Å². The molecule has 1 saturated heterocycles. The maximum absolute atomic E-state index is 5.86. The Morgan fingerprint density at radius 3 is 3.08 bits per heavy atom. The highest BCUT2D eigenvalue weighted by Gasteiger charge is 2.26. The molecular formula is C9H12N2O. The van der Waals surface area contributed by atoms with E-state index in [2.05, 4.69) is 4.98 Å². The molecule has 0 unspecified atom stereocenters. The van der Waals surface area contributed by atoms with Gasteiger partial charge in [0.1, 0.15) is 0 Å². The Bertz CT molecular complexity index is 250. The van der Waals surface area contributed by atoms with Gasteiger partial charge >= 0.3 is 0 Å². The molecule has 0 spiro atoms. The second kappa shape index (κ2) is 3.21. The van der Waals surface area contributed by atoms with Crippen molar-refractivity contribution < 1.29 is 4.74 Å². The highest BCUT2D eigenvalue weighted by molar-refractivity contribution is 5.15. The summed E-state index contributed by atoms with van der Waals surface area (Å²) < 4.78 is 5.49. The number of nitrogens with zero attached hydrogens (tertiary/aromatic N) is 1. The van der Waals surface area contributed by atoms with E-state index in [0.717, 1.165) is 18.6 Å². The standard InChI is InChI=1S/C9H12N2O/c10-8-3-5-12-9(8)7-2-1-4-11-6-7/h1-2,4,6,8-9H,3,5,10H2/t8-,9-/m1/s1. The number of pyridine rings is 1. The first-order valence-corrected chi connectivity index (χ1v) is 4.15. The third kappa shape index (κ3) is 1.33. The number of aromatic nitrogens is 1. The lowest BCUT2D eigenvalue weighted by Gasteiger charge is -2.13. The Labute approximate surface area is 71.6 Å². The summed E-state index contributed by atoms with van der Waals surface area (Å²) in [5.41, 5.74) is 6.94. The van der Waals surface area contributed by atoms with Crippen LogP contribution in [0, 0.1) is 0 Å². The van der Waals surface area contributed by atoms with Crippen LogP contribution in [0.25, 0.3) is 0 Å². The van der Waals surface area contributed by atoms with Crippen molar-refractivity contribution in [2.75, 3.05) is 6.61 Å². The third-order valence-corrected chi connectivity index (χ3v) is 2.15. The van der Waals surface area contributed by atoms with E-state index in [1.54, 1.807) is 6.20 Å². The minimum absolute atomic E-state index is 0.0544. The van der Waals surface area contributed by atoms with E-state index in [4.69, 9.17) is 10.5 Å². The van der Waals surface area contributed by atoms with Gasteiger partial charge in [0.15, 0.2) is 0 Å². The molecule has 2 atom stereocenters. The second-order valence-corrected chi connectivity index (χ2v) is 3.03. The van der Waals surface area contributed by atoms with Gasteiger partial charge in [-0.15, -0.1) is 0 Å². The SMILES string of the molecule is N[C@@H]1CCO[C@@H]1c1cccnc1. The van der Waals surface area contributed by atoms with Crippen LogP contribution in [0.2, 0.25) is 0 Å². The smallest absolute Gasteiger partial charge is 0.0991 e. The summed E-state index contributed by atoms with van der Waals surface area (Å²) >= 11 is 0. The molecule has 0 bridgehead atoms. The first-order valence-electron chi connectivity index (χ1n) is 4.15. The molecule has 12 heavy (non-hydrogen) atoms. The van der Waals surface area contributed by atoms with Crippen molar-refractivity contribution in [3.63, 3.8) is 0 Å². The first kappa shape index (κ1) is 7.71. The summed E-state index contributed by atoms with van der Waals surface area (Å²) in [6.07, 6.45) is 4.57. The van der Waals surface area contributed by atoms with Crippen molar-refractivity contribution in [3.05, 3.63) is 30.1 Å². The van der Waals surface area contributed by atoms with Crippen molar-refractivity contribution >= 4 is 0 Å². The summed E-state index contributed by atoms with van der Waals surface area (Å²) in [6.45, 7) is 0.765. The van der Waals surface area contributed by atoms with Crippen LogP contribution < -0.4 is 5.73 Å². The normalized spacial score (nSPS) is 29.1. The molecule has 2 rings (SSSR count). The molecule has 0 saturated carbocycles. The van der Waals surface area contributed by atoms with Crippen LogP contribution in [-0.2, 0) is 4.74 Å². The summed E-state index contributed by atoms with van der Waals surface area (Å²) in [7, 11) is 0. The highest BCUT2D eigenvalue weighted by Crippen LogP contribution is 2.26. The van der Waals surface area contributed by atoms with E-state index in [9.17, 15) is 0 Å². The Morgan fingerprint density at radius 1 is 1.58 bits per heavy atom. The van der Waals surface area contributed by atoms with E-state index in [1.807, 2.05) is 18.3 Å². The van der Waals surface area contributed by atoms with Crippen molar-refractivity contribution in [1.82, 2.24) is 4.98 Å². The zero-order chi connectivity index (χ0) is 8.39. The maximum Gasteiger partial charge on any atom is 0.0991 e. The molecule has 3 heteroatoms. The minimum Gasteiger partial charge on any atom is -0.372 e. The molecule has 2 N–H and O–H groups in total. The van der Waals surface area contributed by atoms with Gasteiger partial charge in [0.2, 0.25) is 0 Å². The van der Waals surface area contributed by atoms with Crippen LogP contribution >= 0.6 is 0 Å². The van der Waals surface area contributed by atoms with Crippen molar-refractivity contribution in [3.8, 4) is 0 Å². The van der Waals surface area contributed by atoms with E-state index >= 15 is 0 Å². The molecule has 1 aromatic rings. The summed E-state index contributed by atoms with van der Waals surface area (Å²) in [5, 5.41) is 0. The van der Waals surface area contributed by atoms with Crippen LogP contribution in [0.4, 0.5) is 0 Å². The number of ether oxygens (including phenoxy) is 1. The molecule has 2 heterocycles. The van der Waals surface area contributed by atoms with Gasteiger partial charge in [-0.2, -0.15) is 0 Å². The van der Waals surface area contributed by atoms with Gasteiger partial charge in [-0.1, -0.05) is 6.07 Å². The van der Waals surface area contributed by atoms with Crippen LogP contribution in [0.15, 0.2) is 24.5 Å². The predicted molar refractivity (Wildman–Crippen MR) is 45.5 cm³/mol. The van der Waals surface area contributed by atoms with E-state index in [-0.39, 0.29) is 12.1 Å². The lowest BCUT2D eigenvalue weighted by molar-refractivity contribution is 0.105. The van der Waals surface area contributed by atoms with Crippen LogP contribution in [0.5, 0.6) is 0 Å². The minimum atomic E-state index is 0.0544. The topological polar surface area (TPSA) is 48.1 Å². The fourth-order valence-electron chi connectivity index (χ4n) is 1.49. The molecule has 0 amide bonds. The molecule has 0 aromatic carbocycles. The Kier molecular flexibility index (Phi) is 2.06. The lowest BCUT2D eigenvalue weighted by Crippen LogP contribution is -2.23. The molecule has 1 aliphatic rings. The predicted octanol–water partition coefficient (Wildman–Crippen LogP) is 0.870. The summed E-state index contributed by atoms with van der Waals surface area (Å²) in [6, 6.07) is 4.04. The van der Waals surface area contributed by atoms with Crippen molar-refractivity contribution in [1.29, 1.82) is 0 Å². The fraction of sp³-hybridized carbons (Fsp3) is 0.444. The fourth-order valence-corrected chi connectivity index (χ4v) is 1.49. The van der Waals surface area contributed by atoms with E-state index < -0.39 is 0 Å². The average molecular weight is 164 g/mol. The summed E-state index contributed by atoms with van der Waals surface area (Å²) in [5.74, 6) is 0. The molecule has 64 valence electrons. The molecular weight excluding hydrogens is 152 g/mol. The average Bonchev–Trinajstić information content (AvgIpc) is 2.53. The Balaban J connectivity index is 2.19. The number of hydrogen-bond donors (Lipinski definition) is 1. The lowest BCUT2D eigenvalue weighted by atomic mass is 10.1. The number of rotatable bonds is 1. The third-order valence-electron chi connectivity index (χ3n) is 2.15. The Morgan fingerprint density at radius 2 is 2.50 bits per heavy atom. The number of hydrogen-bond acceptors (Lipinski definition) is 3. The zero-order valence-electron chi connectivity index (χ0n) is 6.81.